The summed E-state index contributed by atoms with van der Waals surface area (Å²) in [6.45, 7) is 0. The van der Waals surface area contributed by atoms with Crippen LogP contribution in [0.5, 0.6) is 11.5 Å². The summed E-state index contributed by atoms with van der Waals surface area (Å²) in [5, 5.41) is 3.98. The van der Waals surface area contributed by atoms with E-state index in [2.05, 4.69) is 5.10 Å². The van der Waals surface area contributed by atoms with Crippen LogP contribution >= 0.6 is 0 Å². The molecule has 0 atom stereocenters. The summed E-state index contributed by atoms with van der Waals surface area (Å²) in [6.07, 6.45) is 3.43. The van der Waals surface area contributed by atoms with Crippen molar-refractivity contribution < 1.29 is 4.74 Å². The first-order chi connectivity index (χ1) is 6.74. The number of hydrogen-bond donors (Lipinski definition) is 0. The molecule has 4 heteroatoms. The minimum absolute atomic E-state index is 0.475. The van der Waals surface area contributed by atoms with Gasteiger partial charge in [0.1, 0.15) is 5.75 Å². The second-order valence-electron chi connectivity index (χ2n) is 2.98. The summed E-state index contributed by atoms with van der Waals surface area (Å²) >= 11 is 0. The van der Waals surface area contributed by atoms with Crippen molar-refractivity contribution in [1.29, 1.82) is 0 Å². The summed E-state index contributed by atoms with van der Waals surface area (Å²) in [7, 11) is 1.83. The molecule has 1 aromatic carbocycles. The molecule has 1 N–H and O–H groups in total. The molecule has 0 saturated heterocycles. The average molecular weight is 188 g/mol. The van der Waals surface area contributed by atoms with Crippen molar-refractivity contribution in [3.05, 3.63) is 36.7 Å². The zero-order valence-corrected chi connectivity index (χ0v) is 7.77. The number of aryl methyl sites for hydroxylation is 1. The minimum Gasteiger partial charge on any atom is -0.454 e. The van der Waals surface area contributed by atoms with E-state index in [4.69, 9.17) is 10.5 Å². The lowest BCUT2D eigenvalue weighted by molar-refractivity contribution is 0.482. The molecule has 0 spiro atoms. The third-order valence-electron chi connectivity index (χ3n) is 1.77. The Bertz CT molecular complexity index is 419. The van der Waals surface area contributed by atoms with Gasteiger partial charge in [-0.1, -0.05) is 0 Å². The monoisotopic (exact) mass is 188 g/mol. The van der Waals surface area contributed by atoms with Crippen LogP contribution in [0.25, 0.3) is 0 Å². The molecular weight excluding hydrogens is 178 g/mol. The molecule has 71 valence electrons. The molecule has 0 amide bonds. The molecule has 0 fully saturated rings. The highest BCUT2D eigenvalue weighted by Crippen LogP contribution is 2.21. The third kappa shape index (κ3) is 1.85. The molecule has 0 bridgehead atoms. The van der Waals surface area contributed by atoms with Crippen LogP contribution in [0.3, 0.4) is 0 Å². The molecule has 14 heavy (non-hydrogen) atoms. The third-order valence-corrected chi connectivity index (χ3v) is 1.77. The van der Waals surface area contributed by atoms with Crippen LogP contribution < -0.4 is 10.5 Å². The fraction of sp³-hybridized carbons (Fsp3) is 0.100. The fourth-order valence-electron chi connectivity index (χ4n) is 1.11. The lowest BCUT2D eigenvalue weighted by Crippen LogP contribution is -1.84. The number of rotatable bonds is 2. The van der Waals surface area contributed by atoms with Crippen molar-refractivity contribution in [3.63, 3.8) is 0 Å². The molecule has 0 saturated carbocycles. The molecule has 1 radical (unpaired) electrons. The van der Waals surface area contributed by atoms with E-state index < -0.39 is 0 Å². The Morgan fingerprint density at radius 1 is 1.21 bits per heavy atom. The quantitative estimate of drug-likeness (QED) is 0.724. The SMILES string of the molecule is Cn1cc(Oc2ccc([NH])cc2)cn1. The Kier molecular flexibility index (Phi) is 2.10. The largest absolute Gasteiger partial charge is 0.454 e. The van der Waals surface area contributed by atoms with E-state index >= 15 is 0 Å². The van der Waals surface area contributed by atoms with E-state index in [0.717, 1.165) is 0 Å². The van der Waals surface area contributed by atoms with Gasteiger partial charge in [-0.15, -0.1) is 0 Å². The molecule has 2 rings (SSSR count). The first-order valence-corrected chi connectivity index (χ1v) is 4.22. The van der Waals surface area contributed by atoms with E-state index in [1.165, 1.54) is 0 Å². The van der Waals surface area contributed by atoms with Gasteiger partial charge in [0, 0.05) is 7.05 Å². The first-order valence-electron chi connectivity index (χ1n) is 4.22. The van der Waals surface area contributed by atoms with Gasteiger partial charge in [-0.25, -0.2) is 0 Å². The number of benzene rings is 1. The van der Waals surface area contributed by atoms with Crippen LogP contribution in [0.1, 0.15) is 0 Å². The van der Waals surface area contributed by atoms with Crippen LogP contribution in [-0.4, -0.2) is 9.78 Å². The molecule has 0 aliphatic heterocycles. The van der Waals surface area contributed by atoms with Gasteiger partial charge in [-0.3, -0.25) is 4.68 Å². The van der Waals surface area contributed by atoms with E-state index in [9.17, 15) is 0 Å². The first kappa shape index (κ1) is 8.62. The summed E-state index contributed by atoms with van der Waals surface area (Å²) in [4.78, 5) is 0. The standard InChI is InChI=1S/C10H10N3O/c1-13-7-10(6-12-13)14-9-4-2-8(11)3-5-9/h2-7,11H,1H3. The number of hydrogen-bond acceptors (Lipinski definition) is 2. The molecular formula is C10H10N3O. The van der Waals surface area contributed by atoms with Crippen molar-refractivity contribution >= 4 is 5.69 Å². The van der Waals surface area contributed by atoms with Crippen molar-refractivity contribution in [3.8, 4) is 11.5 Å². The zero-order chi connectivity index (χ0) is 9.97. The molecule has 1 heterocycles. The number of nitrogens with one attached hydrogen (secondary N) is 1. The van der Waals surface area contributed by atoms with Crippen LogP contribution in [-0.2, 0) is 7.05 Å². The molecule has 0 aliphatic carbocycles. The Labute approximate surface area is 81.9 Å². The Balaban J connectivity index is 2.15. The lowest BCUT2D eigenvalue weighted by Gasteiger charge is -2.01. The van der Waals surface area contributed by atoms with Gasteiger partial charge < -0.3 is 10.5 Å². The zero-order valence-electron chi connectivity index (χ0n) is 7.77. The smallest absolute Gasteiger partial charge is 0.165 e. The van der Waals surface area contributed by atoms with Crippen molar-refractivity contribution in [2.24, 2.45) is 7.05 Å². The molecule has 4 nitrogen and oxygen atoms in total. The van der Waals surface area contributed by atoms with Gasteiger partial charge in [-0.2, -0.15) is 5.10 Å². The Morgan fingerprint density at radius 3 is 2.50 bits per heavy atom. The maximum Gasteiger partial charge on any atom is 0.165 e. The summed E-state index contributed by atoms with van der Waals surface area (Å²) in [5.41, 5.74) is 7.78. The number of aromatic nitrogens is 2. The lowest BCUT2D eigenvalue weighted by atomic mass is 10.3. The van der Waals surface area contributed by atoms with Gasteiger partial charge in [-0.05, 0) is 24.3 Å². The van der Waals surface area contributed by atoms with Crippen LogP contribution in [0, 0.1) is 0 Å². The normalized spacial score (nSPS) is 10.1. The van der Waals surface area contributed by atoms with Gasteiger partial charge in [0.25, 0.3) is 0 Å². The highest BCUT2D eigenvalue weighted by Gasteiger charge is 1.98. The maximum absolute atomic E-state index is 7.30. The van der Waals surface area contributed by atoms with Crippen molar-refractivity contribution in [1.82, 2.24) is 15.5 Å². The van der Waals surface area contributed by atoms with Gasteiger partial charge >= 0.3 is 0 Å². The highest BCUT2D eigenvalue weighted by atomic mass is 16.5. The summed E-state index contributed by atoms with van der Waals surface area (Å²) in [6, 6.07) is 6.89. The van der Waals surface area contributed by atoms with E-state index in [0.29, 0.717) is 17.2 Å². The van der Waals surface area contributed by atoms with Crippen molar-refractivity contribution in [2.75, 3.05) is 0 Å². The Hall–Kier alpha value is -1.97. The van der Waals surface area contributed by atoms with E-state index in [1.807, 2.05) is 7.05 Å². The van der Waals surface area contributed by atoms with Crippen LogP contribution in [0.4, 0.5) is 5.69 Å². The van der Waals surface area contributed by atoms with Gasteiger partial charge in [0.05, 0.1) is 18.1 Å². The van der Waals surface area contributed by atoms with E-state index in [-0.39, 0.29) is 0 Å². The number of nitrogens with zero attached hydrogens (tertiary/aromatic N) is 2. The predicted molar refractivity (Wildman–Crippen MR) is 52.5 cm³/mol. The molecule has 0 unspecified atom stereocenters. The maximum atomic E-state index is 7.30. The second kappa shape index (κ2) is 3.41. The molecule has 0 aliphatic rings. The van der Waals surface area contributed by atoms with Gasteiger partial charge in [0.15, 0.2) is 5.75 Å². The average Bonchev–Trinajstić information content (AvgIpc) is 2.56. The fourth-order valence-corrected chi connectivity index (χ4v) is 1.11. The summed E-state index contributed by atoms with van der Waals surface area (Å²) < 4.78 is 7.16. The van der Waals surface area contributed by atoms with Crippen LogP contribution in [0.2, 0.25) is 0 Å². The van der Waals surface area contributed by atoms with E-state index in [1.54, 1.807) is 41.3 Å². The number of ether oxygens (including phenoxy) is 1. The summed E-state index contributed by atoms with van der Waals surface area (Å²) in [5.74, 6) is 1.42. The topological polar surface area (TPSA) is 50.9 Å². The predicted octanol–water partition coefficient (Wildman–Crippen LogP) is 2.13. The van der Waals surface area contributed by atoms with Crippen molar-refractivity contribution in [2.45, 2.75) is 0 Å². The highest BCUT2D eigenvalue weighted by molar-refractivity contribution is 5.39. The van der Waals surface area contributed by atoms with Gasteiger partial charge in [0.2, 0.25) is 0 Å². The molecule has 2 aromatic rings. The second-order valence-corrected chi connectivity index (χ2v) is 2.98. The molecule has 1 aromatic heterocycles. The minimum atomic E-state index is 0.475. The Morgan fingerprint density at radius 2 is 1.93 bits per heavy atom. The van der Waals surface area contributed by atoms with Crippen LogP contribution in [0.15, 0.2) is 36.7 Å².